The zero-order valence-corrected chi connectivity index (χ0v) is 17.8. The molecule has 4 aromatic rings. The number of carboxylic acid groups (broad SMARTS) is 1. The maximum absolute atomic E-state index is 13.3. The fourth-order valence-electron chi connectivity index (χ4n) is 3.27. The Morgan fingerprint density at radius 3 is 2.44 bits per heavy atom. The summed E-state index contributed by atoms with van der Waals surface area (Å²) in [5, 5.41) is 9.73. The number of anilines is 1. The quantitative estimate of drug-likeness (QED) is 0.456. The standard InChI is InChI=1S/C25H18N2O4S/c1-17-8-12-20-6-4-16-26-23(20)24(17)32(30,31)27-22-7-3-2-5-19(22)13-9-18-10-14-21(15-11-18)25(28)29/h2-8,10-12,14-16,27H,1H3,(H,28,29). The molecule has 0 aliphatic heterocycles. The predicted octanol–water partition coefficient (Wildman–Crippen LogP) is 4.44. The normalized spacial score (nSPS) is 10.9. The van der Waals surface area contributed by atoms with Crippen molar-refractivity contribution in [3.63, 3.8) is 0 Å². The van der Waals surface area contributed by atoms with Crippen molar-refractivity contribution >= 4 is 32.6 Å². The summed E-state index contributed by atoms with van der Waals surface area (Å²) >= 11 is 0. The number of pyridine rings is 1. The van der Waals surface area contributed by atoms with E-state index < -0.39 is 16.0 Å². The average molecular weight is 442 g/mol. The Morgan fingerprint density at radius 2 is 1.69 bits per heavy atom. The number of benzene rings is 3. The molecule has 0 saturated carbocycles. The van der Waals surface area contributed by atoms with Crippen LogP contribution in [-0.2, 0) is 10.0 Å². The molecule has 0 aliphatic rings. The number of fused-ring (bicyclic) bond motifs is 1. The molecule has 0 unspecified atom stereocenters. The summed E-state index contributed by atoms with van der Waals surface area (Å²) in [6, 6.07) is 20.2. The van der Waals surface area contributed by atoms with Crippen LogP contribution in [0.2, 0.25) is 0 Å². The smallest absolute Gasteiger partial charge is 0.335 e. The summed E-state index contributed by atoms with van der Waals surface area (Å²) in [5.74, 6) is 4.90. The topological polar surface area (TPSA) is 96.4 Å². The first-order chi connectivity index (χ1) is 15.3. The van der Waals surface area contributed by atoms with E-state index in [0.29, 0.717) is 27.9 Å². The van der Waals surface area contributed by atoms with Crippen LogP contribution in [0.1, 0.15) is 27.0 Å². The number of aromatic nitrogens is 1. The average Bonchev–Trinajstić information content (AvgIpc) is 2.78. The highest BCUT2D eigenvalue weighted by atomic mass is 32.2. The zero-order chi connectivity index (χ0) is 22.7. The number of para-hydroxylation sites is 1. The second-order valence-corrected chi connectivity index (χ2v) is 8.69. The molecule has 0 fully saturated rings. The maximum atomic E-state index is 13.3. The third kappa shape index (κ3) is 4.31. The first kappa shape index (κ1) is 21.1. The zero-order valence-electron chi connectivity index (χ0n) is 17.0. The molecule has 32 heavy (non-hydrogen) atoms. The molecule has 158 valence electrons. The summed E-state index contributed by atoms with van der Waals surface area (Å²) in [6.07, 6.45) is 1.57. The molecule has 3 aromatic carbocycles. The van der Waals surface area contributed by atoms with Gasteiger partial charge in [0.2, 0.25) is 0 Å². The molecule has 7 heteroatoms. The summed E-state index contributed by atoms with van der Waals surface area (Å²) in [5.41, 5.74) is 2.61. The molecule has 1 heterocycles. The van der Waals surface area contributed by atoms with E-state index in [2.05, 4.69) is 21.5 Å². The summed E-state index contributed by atoms with van der Waals surface area (Å²) in [4.78, 5) is 15.4. The van der Waals surface area contributed by atoms with Crippen molar-refractivity contribution in [1.82, 2.24) is 4.98 Å². The van der Waals surface area contributed by atoms with E-state index in [1.807, 2.05) is 12.1 Å². The lowest BCUT2D eigenvalue weighted by atomic mass is 10.1. The number of nitrogens with one attached hydrogen (secondary N) is 1. The first-order valence-electron chi connectivity index (χ1n) is 9.67. The van der Waals surface area contributed by atoms with Gasteiger partial charge in [0, 0.05) is 22.7 Å². The van der Waals surface area contributed by atoms with Gasteiger partial charge in [-0.2, -0.15) is 0 Å². The molecule has 0 radical (unpaired) electrons. The van der Waals surface area contributed by atoms with Gasteiger partial charge < -0.3 is 5.11 Å². The Balaban J connectivity index is 1.70. The highest BCUT2D eigenvalue weighted by Crippen LogP contribution is 2.27. The number of nitrogens with zero attached hydrogens (tertiary/aromatic N) is 1. The van der Waals surface area contributed by atoms with Gasteiger partial charge in [-0.25, -0.2) is 13.2 Å². The molecule has 0 bridgehead atoms. The predicted molar refractivity (Wildman–Crippen MR) is 123 cm³/mol. The van der Waals surface area contributed by atoms with Gasteiger partial charge >= 0.3 is 5.97 Å². The van der Waals surface area contributed by atoms with Gasteiger partial charge in [0.1, 0.15) is 4.90 Å². The van der Waals surface area contributed by atoms with E-state index in [1.54, 1.807) is 61.7 Å². The van der Waals surface area contributed by atoms with Crippen LogP contribution >= 0.6 is 0 Å². The number of aromatic carboxylic acids is 1. The molecule has 2 N–H and O–H groups in total. The van der Waals surface area contributed by atoms with Gasteiger partial charge in [-0.1, -0.05) is 42.2 Å². The number of sulfonamides is 1. The number of rotatable bonds is 4. The lowest BCUT2D eigenvalue weighted by molar-refractivity contribution is 0.0697. The molecule has 0 spiro atoms. The molecule has 0 aliphatic carbocycles. The van der Waals surface area contributed by atoms with Crippen LogP contribution in [-0.4, -0.2) is 24.5 Å². The van der Waals surface area contributed by atoms with E-state index in [0.717, 1.165) is 5.39 Å². The van der Waals surface area contributed by atoms with Crippen molar-refractivity contribution in [3.05, 3.63) is 101 Å². The molecule has 0 saturated heterocycles. The van der Waals surface area contributed by atoms with Crippen molar-refractivity contribution in [2.45, 2.75) is 11.8 Å². The summed E-state index contributed by atoms with van der Waals surface area (Å²) in [7, 11) is -3.94. The Hall–Kier alpha value is -4.15. The Kier molecular flexibility index (Phi) is 5.63. The number of carboxylic acids is 1. The van der Waals surface area contributed by atoms with Gasteiger partial charge in [-0.15, -0.1) is 0 Å². The van der Waals surface area contributed by atoms with Crippen molar-refractivity contribution in [1.29, 1.82) is 0 Å². The maximum Gasteiger partial charge on any atom is 0.335 e. The van der Waals surface area contributed by atoms with Crippen molar-refractivity contribution in [3.8, 4) is 11.8 Å². The Morgan fingerprint density at radius 1 is 0.938 bits per heavy atom. The number of aryl methyl sites for hydroxylation is 1. The van der Waals surface area contributed by atoms with Crippen molar-refractivity contribution in [2.24, 2.45) is 0 Å². The fraction of sp³-hybridized carbons (Fsp3) is 0.0400. The molecule has 1 aromatic heterocycles. The lowest BCUT2D eigenvalue weighted by Gasteiger charge is -2.13. The molecule has 0 amide bonds. The third-order valence-corrected chi connectivity index (χ3v) is 6.38. The molecule has 0 atom stereocenters. The lowest BCUT2D eigenvalue weighted by Crippen LogP contribution is -2.16. The minimum atomic E-state index is -3.94. The minimum absolute atomic E-state index is 0.127. The first-order valence-corrected chi connectivity index (χ1v) is 11.1. The van der Waals surface area contributed by atoms with E-state index in [9.17, 15) is 13.2 Å². The van der Waals surface area contributed by atoms with E-state index in [4.69, 9.17) is 5.11 Å². The van der Waals surface area contributed by atoms with Gasteiger partial charge in [0.05, 0.1) is 16.8 Å². The monoisotopic (exact) mass is 442 g/mol. The van der Waals surface area contributed by atoms with Gasteiger partial charge in [0.15, 0.2) is 0 Å². The highest BCUT2D eigenvalue weighted by Gasteiger charge is 2.22. The van der Waals surface area contributed by atoms with E-state index >= 15 is 0 Å². The van der Waals surface area contributed by atoms with Crippen LogP contribution in [0.25, 0.3) is 10.9 Å². The van der Waals surface area contributed by atoms with Crippen LogP contribution in [0.15, 0.2) is 83.9 Å². The van der Waals surface area contributed by atoms with E-state index in [-0.39, 0.29) is 10.5 Å². The van der Waals surface area contributed by atoms with Crippen molar-refractivity contribution < 1.29 is 18.3 Å². The largest absolute Gasteiger partial charge is 0.478 e. The van der Waals surface area contributed by atoms with Crippen LogP contribution in [0, 0.1) is 18.8 Å². The number of hydrogen-bond acceptors (Lipinski definition) is 4. The summed E-state index contributed by atoms with van der Waals surface area (Å²) < 4.78 is 29.3. The van der Waals surface area contributed by atoms with Gasteiger partial charge in [-0.3, -0.25) is 9.71 Å². The van der Waals surface area contributed by atoms with E-state index in [1.165, 1.54) is 12.1 Å². The molecular formula is C25H18N2O4S. The van der Waals surface area contributed by atoms with Crippen LogP contribution in [0.4, 0.5) is 5.69 Å². The molecular weight excluding hydrogens is 424 g/mol. The molecule has 4 rings (SSSR count). The second-order valence-electron chi connectivity index (χ2n) is 7.07. The van der Waals surface area contributed by atoms with Crippen LogP contribution < -0.4 is 4.72 Å². The highest BCUT2D eigenvalue weighted by molar-refractivity contribution is 7.93. The third-order valence-electron chi connectivity index (χ3n) is 4.84. The van der Waals surface area contributed by atoms with Gasteiger partial charge in [0.25, 0.3) is 10.0 Å². The van der Waals surface area contributed by atoms with Gasteiger partial charge in [-0.05, 0) is 55.0 Å². The Bertz CT molecular complexity index is 1500. The number of hydrogen-bond donors (Lipinski definition) is 2. The second kappa shape index (κ2) is 8.53. The number of carbonyl (C=O) groups is 1. The molecule has 6 nitrogen and oxygen atoms in total. The SMILES string of the molecule is Cc1ccc2cccnc2c1S(=O)(=O)Nc1ccccc1C#Cc1ccc(C(=O)O)cc1. The minimum Gasteiger partial charge on any atom is -0.478 e. The summed E-state index contributed by atoms with van der Waals surface area (Å²) in [6.45, 7) is 1.73. The van der Waals surface area contributed by atoms with Crippen molar-refractivity contribution in [2.75, 3.05) is 4.72 Å². The Labute approximate surface area is 185 Å². The van der Waals surface area contributed by atoms with Crippen LogP contribution in [0.5, 0.6) is 0 Å². The fourth-order valence-corrected chi connectivity index (χ4v) is 4.76. The van der Waals surface area contributed by atoms with Crippen LogP contribution in [0.3, 0.4) is 0 Å².